The van der Waals surface area contributed by atoms with Crippen LogP contribution < -0.4 is 5.32 Å². The van der Waals surface area contributed by atoms with Crippen LogP contribution in [0.25, 0.3) is 0 Å². The molecular weight excluding hydrogens is 279 g/mol. The van der Waals surface area contributed by atoms with Crippen molar-refractivity contribution in [3.63, 3.8) is 0 Å². The second kappa shape index (κ2) is 6.58. The van der Waals surface area contributed by atoms with Gasteiger partial charge in [0.25, 0.3) is 0 Å². The summed E-state index contributed by atoms with van der Waals surface area (Å²) in [5.74, 6) is -0.533. The molecule has 0 aliphatic heterocycles. The Morgan fingerprint density at radius 1 is 1.45 bits per heavy atom. The summed E-state index contributed by atoms with van der Waals surface area (Å²) < 4.78 is 13.5. The number of aromatic nitrogens is 1. The first kappa shape index (κ1) is 14.6. The van der Waals surface area contributed by atoms with Crippen molar-refractivity contribution in [2.24, 2.45) is 0 Å². The number of hydrogen-bond donors (Lipinski definition) is 2. The summed E-state index contributed by atoms with van der Waals surface area (Å²) in [5.41, 5.74) is 2.02. The molecule has 1 heterocycles. The van der Waals surface area contributed by atoms with Gasteiger partial charge in [0.2, 0.25) is 5.91 Å². The van der Waals surface area contributed by atoms with Crippen molar-refractivity contribution in [1.82, 2.24) is 4.98 Å². The van der Waals surface area contributed by atoms with Crippen molar-refractivity contribution in [3.8, 4) is 0 Å². The summed E-state index contributed by atoms with van der Waals surface area (Å²) in [6.45, 7) is 1.14. The molecule has 0 unspecified atom stereocenters. The molecule has 1 amide bonds. The van der Waals surface area contributed by atoms with Gasteiger partial charge >= 0.3 is 0 Å². The number of benzene rings is 1. The van der Waals surface area contributed by atoms with E-state index in [1.54, 1.807) is 12.1 Å². The third-order valence-corrected chi connectivity index (χ3v) is 3.60. The number of halogens is 1. The Bertz CT molecular complexity index is 613. The van der Waals surface area contributed by atoms with Crippen LogP contribution in [0.15, 0.2) is 23.6 Å². The summed E-state index contributed by atoms with van der Waals surface area (Å²) in [4.78, 5) is 15.2. The van der Waals surface area contributed by atoms with E-state index >= 15 is 0 Å². The first-order valence-corrected chi connectivity index (χ1v) is 7.06. The standard InChI is InChI=1S/C14H15FN2O2S/c1-9(19)16-14-17-12(8-20-14)5-3-10-2-4-11(7-18)13(15)6-10/h2,4,6,8,18H,3,5,7H2,1H3,(H,16,17,19). The molecular formula is C14H15FN2O2S. The number of rotatable bonds is 5. The number of aliphatic hydroxyl groups excluding tert-OH is 1. The van der Waals surface area contributed by atoms with Gasteiger partial charge in [-0.05, 0) is 24.5 Å². The Morgan fingerprint density at radius 2 is 2.25 bits per heavy atom. The molecule has 0 aliphatic carbocycles. The van der Waals surface area contributed by atoms with Crippen LogP contribution in [0.1, 0.15) is 23.7 Å². The van der Waals surface area contributed by atoms with Gasteiger partial charge in [0, 0.05) is 17.9 Å². The van der Waals surface area contributed by atoms with Crippen molar-refractivity contribution in [2.45, 2.75) is 26.4 Å². The van der Waals surface area contributed by atoms with Gasteiger partial charge in [0.15, 0.2) is 5.13 Å². The van der Waals surface area contributed by atoms with Gasteiger partial charge in [-0.15, -0.1) is 11.3 Å². The number of nitrogens with zero attached hydrogens (tertiary/aromatic N) is 1. The average Bonchev–Trinajstić information content (AvgIpc) is 2.83. The van der Waals surface area contributed by atoms with Crippen LogP contribution >= 0.6 is 11.3 Å². The summed E-state index contributed by atoms with van der Waals surface area (Å²) in [5, 5.41) is 14.0. The van der Waals surface area contributed by atoms with Crippen molar-refractivity contribution >= 4 is 22.4 Å². The number of aryl methyl sites for hydroxylation is 2. The largest absolute Gasteiger partial charge is 0.392 e. The van der Waals surface area contributed by atoms with Crippen LogP contribution in [-0.2, 0) is 24.2 Å². The van der Waals surface area contributed by atoms with Crippen LogP contribution in [0.4, 0.5) is 9.52 Å². The molecule has 106 valence electrons. The molecule has 2 rings (SSSR count). The fraction of sp³-hybridized carbons (Fsp3) is 0.286. The van der Waals surface area contributed by atoms with Crippen molar-refractivity contribution in [2.75, 3.05) is 5.32 Å². The number of anilines is 1. The van der Waals surface area contributed by atoms with Crippen LogP contribution in [-0.4, -0.2) is 16.0 Å². The Kier molecular flexibility index (Phi) is 4.81. The number of aliphatic hydroxyl groups is 1. The predicted molar refractivity (Wildman–Crippen MR) is 76.1 cm³/mol. The molecule has 6 heteroatoms. The number of amides is 1. The molecule has 0 spiro atoms. The first-order chi connectivity index (χ1) is 9.58. The Hall–Kier alpha value is -1.79. The van der Waals surface area contributed by atoms with Crippen LogP contribution in [0.3, 0.4) is 0 Å². The van der Waals surface area contributed by atoms with Gasteiger partial charge in [-0.1, -0.05) is 12.1 Å². The zero-order valence-electron chi connectivity index (χ0n) is 11.0. The number of carbonyl (C=O) groups excluding carboxylic acids is 1. The van der Waals surface area contributed by atoms with Gasteiger partial charge in [0.05, 0.1) is 12.3 Å². The molecule has 0 saturated carbocycles. The number of thiazole rings is 1. The maximum absolute atomic E-state index is 13.5. The lowest BCUT2D eigenvalue weighted by Gasteiger charge is -2.03. The van der Waals surface area contributed by atoms with E-state index in [9.17, 15) is 9.18 Å². The van der Waals surface area contributed by atoms with E-state index in [0.29, 0.717) is 23.5 Å². The molecule has 0 saturated heterocycles. The Morgan fingerprint density at radius 3 is 2.90 bits per heavy atom. The molecule has 0 aliphatic rings. The predicted octanol–water partition coefficient (Wildman–Crippen LogP) is 2.52. The van der Waals surface area contributed by atoms with Gasteiger partial charge in [-0.3, -0.25) is 4.79 Å². The molecule has 2 N–H and O–H groups in total. The maximum atomic E-state index is 13.5. The molecule has 1 aromatic carbocycles. The van der Waals surface area contributed by atoms with Gasteiger partial charge < -0.3 is 10.4 Å². The monoisotopic (exact) mass is 294 g/mol. The zero-order chi connectivity index (χ0) is 14.5. The van der Waals surface area contributed by atoms with Crippen LogP contribution in [0.2, 0.25) is 0 Å². The minimum atomic E-state index is -0.387. The molecule has 4 nitrogen and oxygen atoms in total. The maximum Gasteiger partial charge on any atom is 0.223 e. The quantitative estimate of drug-likeness (QED) is 0.890. The lowest BCUT2D eigenvalue weighted by molar-refractivity contribution is -0.114. The first-order valence-electron chi connectivity index (χ1n) is 6.18. The molecule has 1 aromatic heterocycles. The lowest BCUT2D eigenvalue weighted by Crippen LogP contribution is -2.05. The number of hydrogen-bond acceptors (Lipinski definition) is 4. The van der Waals surface area contributed by atoms with Crippen LogP contribution in [0, 0.1) is 5.82 Å². The zero-order valence-corrected chi connectivity index (χ0v) is 11.8. The SMILES string of the molecule is CC(=O)Nc1nc(CCc2ccc(CO)c(F)c2)cs1. The van der Waals surface area contributed by atoms with E-state index in [0.717, 1.165) is 11.3 Å². The Balaban J connectivity index is 1.96. The topological polar surface area (TPSA) is 62.2 Å². The molecule has 0 fully saturated rings. The van der Waals surface area contributed by atoms with E-state index in [2.05, 4.69) is 10.3 Å². The van der Waals surface area contributed by atoms with Gasteiger partial charge in [0.1, 0.15) is 5.82 Å². The van der Waals surface area contributed by atoms with Crippen molar-refractivity contribution < 1.29 is 14.3 Å². The minimum absolute atomic E-state index is 0.146. The normalized spacial score (nSPS) is 10.6. The van der Waals surface area contributed by atoms with E-state index in [1.807, 2.05) is 5.38 Å². The summed E-state index contributed by atoms with van der Waals surface area (Å²) in [6.07, 6.45) is 1.33. The highest BCUT2D eigenvalue weighted by atomic mass is 32.1. The van der Waals surface area contributed by atoms with Crippen molar-refractivity contribution in [1.29, 1.82) is 0 Å². The highest BCUT2D eigenvalue weighted by Crippen LogP contribution is 2.18. The third kappa shape index (κ3) is 3.85. The number of carbonyl (C=O) groups is 1. The molecule has 0 bridgehead atoms. The minimum Gasteiger partial charge on any atom is -0.392 e. The van der Waals surface area contributed by atoms with E-state index in [-0.39, 0.29) is 18.3 Å². The van der Waals surface area contributed by atoms with Crippen LogP contribution in [0.5, 0.6) is 0 Å². The highest BCUT2D eigenvalue weighted by Gasteiger charge is 2.06. The Labute approximate surface area is 120 Å². The van der Waals surface area contributed by atoms with E-state index in [4.69, 9.17) is 5.11 Å². The highest BCUT2D eigenvalue weighted by molar-refractivity contribution is 7.13. The fourth-order valence-corrected chi connectivity index (χ4v) is 2.57. The second-order valence-electron chi connectivity index (χ2n) is 4.41. The number of nitrogens with one attached hydrogen (secondary N) is 1. The average molecular weight is 294 g/mol. The van der Waals surface area contributed by atoms with E-state index in [1.165, 1.54) is 24.3 Å². The lowest BCUT2D eigenvalue weighted by atomic mass is 10.1. The van der Waals surface area contributed by atoms with Gasteiger partial charge in [-0.2, -0.15) is 0 Å². The van der Waals surface area contributed by atoms with Gasteiger partial charge in [-0.25, -0.2) is 9.37 Å². The van der Waals surface area contributed by atoms with E-state index < -0.39 is 0 Å². The summed E-state index contributed by atoms with van der Waals surface area (Å²) in [6, 6.07) is 4.83. The fourth-order valence-electron chi connectivity index (χ4n) is 1.78. The molecule has 20 heavy (non-hydrogen) atoms. The smallest absolute Gasteiger partial charge is 0.223 e. The molecule has 0 atom stereocenters. The molecule has 0 radical (unpaired) electrons. The molecule has 2 aromatic rings. The summed E-state index contributed by atoms with van der Waals surface area (Å²) in [7, 11) is 0. The third-order valence-electron chi connectivity index (χ3n) is 2.79. The van der Waals surface area contributed by atoms with Crippen molar-refractivity contribution in [3.05, 3.63) is 46.2 Å². The summed E-state index contributed by atoms with van der Waals surface area (Å²) >= 11 is 1.37. The second-order valence-corrected chi connectivity index (χ2v) is 5.27.